The number of carbonyl (C=O) groups is 1. The van der Waals surface area contributed by atoms with Gasteiger partial charge in [0.2, 0.25) is 0 Å². The highest BCUT2D eigenvalue weighted by Gasteiger charge is 2.21. The van der Waals surface area contributed by atoms with Crippen LogP contribution in [0, 0.1) is 0 Å². The summed E-state index contributed by atoms with van der Waals surface area (Å²) in [7, 11) is 0. The molecule has 0 N–H and O–H groups in total. The Hall–Kier alpha value is -1.31. The average Bonchev–Trinajstić information content (AvgIpc) is 2.47. The van der Waals surface area contributed by atoms with Crippen molar-refractivity contribution in [2.45, 2.75) is 58.4 Å². The normalized spacial score (nSPS) is 19.5. The first-order valence-electron chi connectivity index (χ1n) is 7.66. The number of hydrogen-bond donors (Lipinski definition) is 0. The molecule has 1 aliphatic rings. The van der Waals surface area contributed by atoms with E-state index in [2.05, 4.69) is 24.0 Å². The smallest absolute Gasteiger partial charge is 0.162 e. The molecule has 0 radical (unpaired) electrons. The van der Waals surface area contributed by atoms with Crippen LogP contribution in [0.5, 0.6) is 0 Å². The maximum atomic E-state index is 11.7. The molecule has 19 heavy (non-hydrogen) atoms. The third kappa shape index (κ3) is 3.37. The molecule has 2 rings (SSSR count). The number of piperidine rings is 1. The van der Waals surface area contributed by atoms with Gasteiger partial charge in [0.15, 0.2) is 5.78 Å². The van der Waals surface area contributed by atoms with Crippen LogP contribution in [0.4, 0.5) is 5.69 Å². The van der Waals surface area contributed by atoms with Crippen molar-refractivity contribution in [2.75, 3.05) is 11.4 Å². The molecular weight excluding hydrogens is 234 g/mol. The first kappa shape index (κ1) is 14.1. The van der Waals surface area contributed by atoms with E-state index >= 15 is 0 Å². The van der Waals surface area contributed by atoms with Crippen LogP contribution in [0.25, 0.3) is 0 Å². The molecule has 0 bridgehead atoms. The third-order valence-corrected chi connectivity index (χ3v) is 4.09. The van der Waals surface area contributed by atoms with Gasteiger partial charge >= 0.3 is 0 Å². The zero-order chi connectivity index (χ0) is 13.7. The summed E-state index contributed by atoms with van der Waals surface area (Å²) in [6, 6.07) is 8.90. The number of benzene rings is 1. The van der Waals surface area contributed by atoms with Crippen LogP contribution in [0.15, 0.2) is 24.3 Å². The van der Waals surface area contributed by atoms with Gasteiger partial charge in [0.1, 0.15) is 0 Å². The second kappa shape index (κ2) is 6.74. The van der Waals surface area contributed by atoms with Crippen molar-refractivity contribution < 1.29 is 4.79 Å². The lowest BCUT2D eigenvalue weighted by molar-refractivity contribution is 0.0988. The SMILES string of the molecule is CCCC1CCCCN1c1ccc(C(=O)CC)cc1. The topological polar surface area (TPSA) is 20.3 Å². The van der Waals surface area contributed by atoms with E-state index in [0.717, 1.165) is 12.1 Å². The fourth-order valence-electron chi connectivity index (χ4n) is 3.02. The molecule has 1 aromatic carbocycles. The summed E-state index contributed by atoms with van der Waals surface area (Å²) in [6.45, 7) is 5.33. The Morgan fingerprint density at radius 2 is 1.95 bits per heavy atom. The van der Waals surface area contributed by atoms with Gasteiger partial charge in [-0.2, -0.15) is 0 Å². The number of Topliss-reactive ketones (excluding diaryl/α,β-unsaturated/α-hetero) is 1. The molecule has 1 heterocycles. The summed E-state index contributed by atoms with van der Waals surface area (Å²) in [6.07, 6.45) is 7.05. The van der Waals surface area contributed by atoms with Crippen LogP contribution in [0.3, 0.4) is 0 Å². The van der Waals surface area contributed by atoms with Crippen LogP contribution in [0.2, 0.25) is 0 Å². The number of hydrogen-bond acceptors (Lipinski definition) is 2. The maximum absolute atomic E-state index is 11.7. The number of rotatable bonds is 5. The van der Waals surface area contributed by atoms with Crippen molar-refractivity contribution in [2.24, 2.45) is 0 Å². The van der Waals surface area contributed by atoms with Gasteiger partial charge in [-0.3, -0.25) is 4.79 Å². The Kier molecular flexibility index (Phi) is 5.00. The second-order valence-corrected chi connectivity index (χ2v) is 5.46. The molecule has 1 unspecified atom stereocenters. The van der Waals surface area contributed by atoms with Crippen molar-refractivity contribution in [1.29, 1.82) is 0 Å². The van der Waals surface area contributed by atoms with Crippen LogP contribution in [0.1, 0.15) is 62.7 Å². The van der Waals surface area contributed by atoms with Crippen molar-refractivity contribution in [1.82, 2.24) is 0 Å². The standard InChI is InChI=1S/C17H25NO/c1-3-7-15-8-5-6-13-18(15)16-11-9-14(10-12-16)17(19)4-2/h9-12,15H,3-8,13H2,1-2H3. The van der Waals surface area contributed by atoms with Crippen molar-refractivity contribution in [3.8, 4) is 0 Å². The highest BCUT2D eigenvalue weighted by atomic mass is 16.1. The van der Waals surface area contributed by atoms with E-state index in [1.165, 1.54) is 37.8 Å². The lowest BCUT2D eigenvalue weighted by atomic mass is 9.97. The highest BCUT2D eigenvalue weighted by molar-refractivity contribution is 5.96. The summed E-state index contributed by atoms with van der Waals surface area (Å²) in [4.78, 5) is 14.2. The average molecular weight is 259 g/mol. The molecular formula is C17H25NO. The molecule has 1 fully saturated rings. The van der Waals surface area contributed by atoms with Crippen molar-refractivity contribution in [3.63, 3.8) is 0 Å². The largest absolute Gasteiger partial charge is 0.369 e. The van der Waals surface area contributed by atoms with Crippen molar-refractivity contribution >= 4 is 11.5 Å². The fraction of sp³-hybridized carbons (Fsp3) is 0.588. The zero-order valence-corrected chi connectivity index (χ0v) is 12.2. The van der Waals surface area contributed by atoms with Gasteiger partial charge in [-0.1, -0.05) is 20.3 Å². The van der Waals surface area contributed by atoms with E-state index in [-0.39, 0.29) is 5.78 Å². The summed E-state index contributed by atoms with van der Waals surface area (Å²) in [5.41, 5.74) is 2.13. The van der Waals surface area contributed by atoms with Crippen LogP contribution in [-0.2, 0) is 0 Å². The second-order valence-electron chi connectivity index (χ2n) is 5.46. The van der Waals surface area contributed by atoms with E-state index in [1.54, 1.807) is 0 Å². The minimum absolute atomic E-state index is 0.232. The van der Waals surface area contributed by atoms with Crippen LogP contribution in [-0.4, -0.2) is 18.4 Å². The van der Waals surface area contributed by atoms with Gasteiger partial charge in [-0.15, -0.1) is 0 Å². The lowest BCUT2D eigenvalue weighted by Crippen LogP contribution is -2.39. The van der Waals surface area contributed by atoms with E-state index in [1.807, 2.05) is 19.1 Å². The Labute approximate surface area is 116 Å². The molecule has 1 saturated heterocycles. The van der Waals surface area contributed by atoms with Gasteiger partial charge in [-0.25, -0.2) is 0 Å². The van der Waals surface area contributed by atoms with Gasteiger partial charge < -0.3 is 4.90 Å². The molecule has 1 aliphatic heterocycles. The summed E-state index contributed by atoms with van der Waals surface area (Å²) < 4.78 is 0. The molecule has 0 spiro atoms. The Morgan fingerprint density at radius 1 is 1.21 bits per heavy atom. The van der Waals surface area contributed by atoms with Gasteiger partial charge in [-0.05, 0) is 49.9 Å². The van der Waals surface area contributed by atoms with Gasteiger partial charge in [0, 0.05) is 30.3 Å². The summed E-state index contributed by atoms with van der Waals surface area (Å²) in [5.74, 6) is 0.232. The lowest BCUT2D eigenvalue weighted by Gasteiger charge is -2.37. The molecule has 1 atom stereocenters. The molecule has 0 saturated carbocycles. The van der Waals surface area contributed by atoms with Gasteiger partial charge in [0.05, 0.1) is 0 Å². The molecule has 2 heteroatoms. The summed E-state index contributed by atoms with van der Waals surface area (Å²) in [5, 5.41) is 0. The van der Waals surface area contributed by atoms with E-state index < -0.39 is 0 Å². The molecule has 0 amide bonds. The monoisotopic (exact) mass is 259 g/mol. The van der Waals surface area contributed by atoms with Crippen LogP contribution >= 0.6 is 0 Å². The molecule has 1 aromatic rings. The minimum atomic E-state index is 0.232. The van der Waals surface area contributed by atoms with Crippen molar-refractivity contribution in [3.05, 3.63) is 29.8 Å². The maximum Gasteiger partial charge on any atom is 0.162 e. The number of nitrogens with zero attached hydrogens (tertiary/aromatic N) is 1. The van der Waals surface area contributed by atoms with E-state index in [0.29, 0.717) is 12.5 Å². The molecule has 104 valence electrons. The molecule has 2 nitrogen and oxygen atoms in total. The third-order valence-electron chi connectivity index (χ3n) is 4.09. The fourth-order valence-corrected chi connectivity index (χ4v) is 3.02. The Bertz CT molecular complexity index is 408. The molecule has 0 aliphatic carbocycles. The van der Waals surface area contributed by atoms with E-state index in [9.17, 15) is 4.79 Å². The number of carbonyl (C=O) groups excluding carboxylic acids is 1. The quantitative estimate of drug-likeness (QED) is 0.729. The predicted octanol–water partition coefficient (Wildman–Crippen LogP) is 4.44. The molecule has 0 aromatic heterocycles. The minimum Gasteiger partial charge on any atom is -0.369 e. The first-order chi connectivity index (χ1) is 9.26. The van der Waals surface area contributed by atoms with E-state index in [4.69, 9.17) is 0 Å². The van der Waals surface area contributed by atoms with Gasteiger partial charge in [0.25, 0.3) is 0 Å². The Balaban J connectivity index is 2.13. The number of ketones is 1. The highest BCUT2D eigenvalue weighted by Crippen LogP contribution is 2.27. The number of anilines is 1. The van der Waals surface area contributed by atoms with Crippen LogP contribution < -0.4 is 4.90 Å². The summed E-state index contributed by atoms with van der Waals surface area (Å²) >= 11 is 0. The zero-order valence-electron chi connectivity index (χ0n) is 12.2. The first-order valence-corrected chi connectivity index (χ1v) is 7.66. The Morgan fingerprint density at radius 3 is 2.58 bits per heavy atom. The predicted molar refractivity (Wildman–Crippen MR) is 81.0 cm³/mol.